The number of nitrogens with one attached hydrogen (secondary N) is 1. The first-order valence-electron chi connectivity index (χ1n) is 12.4. The molecule has 2 heterocycles. The Bertz CT molecular complexity index is 844. The number of amides is 2. The number of Topliss-reactive ketones (excluding diaryl/α,β-unsaturated/α-hetero) is 1. The van der Waals surface area contributed by atoms with Crippen LogP contribution in [0.5, 0.6) is 0 Å². The van der Waals surface area contributed by atoms with Gasteiger partial charge in [0, 0.05) is 38.4 Å². The smallest absolute Gasteiger partial charge is 0.331 e. The number of carbonyl (C=O) groups is 4. The molecule has 5 atom stereocenters. The number of methoxy groups -OCH3 is 1. The largest absolute Gasteiger partial charge is 0.454 e. The maximum atomic E-state index is 13.0. The van der Waals surface area contributed by atoms with Gasteiger partial charge in [-0.1, -0.05) is 38.2 Å². The normalized spacial score (nSPS) is 29.9. The van der Waals surface area contributed by atoms with E-state index in [0.717, 1.165) is 0 Å². The summed E-state index contributed by atoms with van der Waals surface area (Å²) in [6.07, 6.45) is 9.96. The van der Waals surface area contributed by atoms with Crippen molar-refractivity contribution in [2.75, 3.05) is 7.11 Å². The standard InChI is InChI=1S/C27H39NO7/c1-17-14-18(2)27(35-25(32)13-8-6-5-7-12-22(34-4)26(17)33)19(3)21(29)11-9-10-20-15-23(30)28-24(31)16-20/h7-8,12-14,17,19-20,22,26-27,33H,5-6,9-11,15-16H2,1-4H3,(H,28,30,31)/b12-7+,13-8+,18-14?/t17-,19-,22+,26+,27+/m1/s1. The van der Waals surface area contributed by atoms with Gasteiger partial charge in [0.05, 0.1) is 12.0 Å². The summed E-state index contributed by atoms with van der Waals surface area (Å²) in [5.74, 6) is -2.06. The van der Waals surface area contributed by atoms with Crippen LogP contribution in [0.3, 0.4) is 0 Å². The highest BCUT2D eigenvalue weighted by atomic mass is 16.5. The number of cyclic esters (lactones) is 1. The van der Waals surface area contributed by atoms with Gasteiger partial charge in [0.2, 0.25) is 11.8 Å². The number of imide groups is 1. The number of rotatable bonds is 7. The lowest BCUT2D eigenvalue weighted by molar-refractivity contribution is -0.145. The molecule has 0 aromatic carbocycles. The van der Waals surface area contributed by atoms with E-state index < -0.39 is 30.2 Å². The number of esters is 1. The lowest BCUT2D eigenvalue weighted by Gasteiger charge is -2.27. The topological polar surface area (TPSA) is 119 Å². The van der Waals surface area contributed by atoms with Gasteiger partial charge in [0.15, 0.2) is 0 Å². The van der Waals surface area contributed by atoms with Gasteiger partial charge in [0.1, 0.15) is 18.0 Å². The number of hydrogen-bond donors (Lipinski definition) is 2. The molecule has 0 aromatic rings. The fourth-order valence-electron chi connectivity index (χ4n) is 4.61. The molecule has 0 saturated carbocycles. The molecule has 2 aliphatic heterocycles. The number of piperidine rings is 1. The van der Waals surface area contributed by atoms with Crippen molar-refractivity contribution < 1.29 is 33.8 Å². The van der Waals surface area contributed by atoms with Crippen molar-refractivity contribution in [3.63, 3.8) is 0 Å². The molecule has 1 fully saturated rings. The monoisotopic (exact) mass is 489 g/mol. The molecule has 2 rings (SSSR count). The number of carbonyl (C=O) groups excluding carboxylic acids is 4. The van der Waals surface area contributed by atoms with E-state index in [2.05, 4.69) is 5.32 Å². The Labute approximate surface area is 207 Å². The average molecular weight is 490 g/mol. The minimum Gasteiger partial charge on any atom is -0.454 e. The van der Waals surface area contributed by atoms with E-state index in [1.54, 1.807) is 27.0 Å². The molecular weight excluding hydrogens is 450 g/mol. The highest BCUT2D eigenvalue weighted by Gasteiger charge is 2.31. The van der Waals surface area contributed by atoms with Crippen LogP contribution in [0, 0.1) is 17.8 Å². The Morgan fingerprint density at radius 2 is 1.86 bits per heavy atom. The lowest BCUT2D eigenvalue weighted by atomic mass is 9.86. The molecule has 35 heavy (non-hydrogen) atoms. The van der Waals surface area contributed by atoms with E-state index in [4.69, 9.17) is 9.47 Å². The van der Waals surface area contributed by atoms with E-state index in [9.17, 15) is 24.3 Å². The zero-order valence-electron chi connectivity index (χ0n) is 21.2. The number of ether oxygens (including phenoxy) is 2. The second kappa shape index (κ2) is 14.1. The van der Waals surface area contributed by atoms with Gasteiger partial charge in [-0.05, 0) is 44.1 Å². The van der Waals surface area contributed by atoms with Crippen molar-refractivity contribution in [1.29, 1.82) is 0 Å². The van der Waals surface area contributed by atoms with Crippen molar-refractivity contribution >= 4 is 23.6 Å². The molecule has 2 amide bonds. The Hall–Kier alpha value is -2.58. The Morgan fingerprint density at radius 1 is 1.20 bits per heavy atom. The molecule has 2 aliphatic rings. The van der Waals surface area contributed by atoms with E-state index >= 15 is 0 Å². The second-order valence-corrected chi connectivity index (χ2v) is 9.62. The van der Waals surface area contributed by atoms with Gasteiger partial charge in [0.25, 0.3) is 0 Å². The Morgan fingerprint density at radius 3 is 2.51 bits per heavy atom. The summed E-state index contributed by atoms with van der Waals surface area (Å²) in [6.45, 7) is 5.39. The third-order valence-electron chi connectivity index (χ3n) is 6.67. The molecule has 8 heteroatoms. The van der Waals surface area contributed by atoms with Crippen molar-refractivity contribution in [3.05, 3.63) is 36.0 Å². The first kappa shape index (κ1) is 28.7. The van der Waals surface area contributed by atoms with Crippen LogP contribution in [0.1, 0.15) is 65.7 Å². The van der Waals surface area contributed by atoms with Gasteiger partial charge < -0.3 is 14.6 Å². The van der Waals surface area contributed by atoms with Crippen LogP contribution < -0.4 is 5.32 Å². The molecule has 0 unspecified atom stereocenters. The molecule has 0 spiro atoms. The number of ketones is 1. The van der Waals surface area contributed by atoms with Gasteiger partial charge in [-0.25, -0.2) is 4.79 Å². The average Bonchev–Trinajstić information content (AvgIpc) is 2.79. The molecule has 194 valence electrons. The lowest BCUT2D eigenvalue weighted by Crippen LogP contribution is -2.38. The van der Waals surface area contributed by atoms with Gasteiger partial charge in [-0.3, -0.25) is 19.7 Å². The predicted molar refractivity (Wildman–Crippen MR) is 131 cm³/mol. The first-order valence-corrected chi connectivity index (χ1v) is 12.4. The van der Waals surface area contributed by atoms with Crippen LogP contribution in [0.25, 0.3) is 0 Å². The Balaban J connectivity index is 2.11. The van der Waals surface area contributed by atoms with Crippen LogP contribution in [0.2, 0.25) is 0 Å². The predicted octanol–water partition coefficient (Wildman–Crippen LogP) is 3.19. The quantitative estimate of drug-likeness (QED) is 0.320. The summed E-state index contributed by atoms with van der Waals surface area (Å²) in [5.41, 5.74) is 0.685. The molecule has 1 saturated heterocycles. The molecule has 0 radical (unpaired) electrons. The van der Waals surface area contributed by atoms with Crippen LogP contribution in [0.15, 0.2) is 36.0 Å². The highest BCUT2D eigenvalue weighted by Crippen LogP contribution is 2.25. The summed E-state index contributed by atoms with van der Waals surface area (Å²) in [5, 5.41) is 13.1. The van der Waals surface area contributed by atoms with Crippen molar-refractivity contribution in [1.82, 2.24) is 5.32 Å². The number of aliphatic hydroxyl groups is 1. The van der Waals surface area contributed by atoms with E-state index in [1.807, 2.05) is 25.2 Å². The zero-order chi connectivity index (χ0) is 26.0. The molecule has 2 N–H and O–H groups in total. The third-order valence-corrected chi connectivity index (χ3v) is 6.67. The number of aliphatic hydroxyl groups excluding tert-OH is 1. The molecular formula is C27H39NO7. The molecule has 8 nitrogen and oxygen atoms in total. The number of hydrogen-bond acceptors (Lipinski definition) is 7. The molecule has 0 aromatic heterocycles. The molecule has 0 bridgehead atoms. The van der Waals surface area contributed by atoms with Crippen LogP contribution in [0.4, 0.5) is 0 Å². The first-order chi connectivity index (χ1) is 16.6. The van der Waals surface area contributed by atoms with E-state index in [0.29, 0.717) is 44.1 Å². The van der Waals surface area contributed by atoms with Gasteiger partial charge in [-0.15, -0.1) is 0 Å². The minimum absolute atomic E-state index is 0.0524. The van der Waals surface area contributed by atoms with Gasteiger partial charge >= 0.3 is 5.97 Å². The summed E-state index contributed by atoms with van der Waals surface area (Å²) < 4.78 is 11.1. The fraction of sp³-hybridized carbons (Fsp3) is 0.630. The zero-order valence-corrected chi connectivity index (χ0v) is 21.2. The van der Waals surface area contributed by atoms with Gasteiger partial charge in [-0.2, -0.15) is 0 Å². The molecule has 0 aliphatic carbocycles. The highest BCUT2D eigenvalue weighted by molar-refractivity contribution is 5.97. The van der Waals surface area contributed by atoms with Crippen molar-refractivity contribution in [2.24, 2.45) is 17.8 Å². The second-order valence-electron chi connectivity index (χ2n) is 9.62. The number of allylic oxidation sites excluding steroid dienone is 2. The van der Waals surface area contributed by atoms with Crippen LogP contribution in [-0.4, -0.2) is 54.1 Å². The Kier molecular flexibility index (Phi) is 11.5. The summed E-state index contributed by atoms with van der Waals surface area (Å²) in [7, 11) is 1.55. The van der Waals surface area contributed by atoms with Crippen LogP contribution >= 0.6 is 0 Å². The van der Waals surface area contributed by atoms with Crippen molar-refractivity contribution in [2.45, 2.75) is 84.0 Å². The maximum Gasteiger partial charge on any atom is 0.331 e. The maximum absolute atomic E-state index is 13.0. The summed E-state index contributed by atoms with van der Waals surface area (Å²) >= 11 is 0. The van der Waals surface area contributed by atoms with Crippen LogP contribution in [-0.2, 0) is 28.7 Å². The van der Waals surface area contributed by atoms with Crippen molar-refractivity contribution in [3.8, 4) is 0 Å². The third kappa shape index (κ3) is 9.18. The summed E-state index contributed by atoms with van der Waals surface area (Å²) in [6, 6.07) is 0. The SMILES string of the molecule is CO[C@H]1/C=C/CC/C=C/C(=O)O[C@H]([C@H](C)C(=O)CCCC2CC(=O)NC(=O)C2)C(C)=C[C@@H](C)[C@@H]1O. The van der Waals surface area contributed by atoms with E-state index in [-0.39, 0.29) is 35.9 Å². The van der Waals surface area contributed by atoms with E-state index in [1.165, 1.54) is 6.08 Å². The fourth-order valence-corrected chi connectivity index (χ4v) is 4.61. The minimum atomic E-state index is -0.803. The summed E-state index contributed by atoms with van der Waals surface area (Å²) in [4.78, 5) is 48.6.